The smallest absolute Gasteiger partial charge is 0.227 e. The number of anilines is 1. The Labute approximate surface area is 193 Å². The summed E-state index contributed by atoms with van der Waals surface area (Å²) in [4.78, 5) is 21.1. The molecular formula is C23H21FN4O2S2. The van der Waals surface area contributed by atoms with Gasteiger partial charge in [-0.1, -0.05) is 23.0 Å². The maximum Gasteiger partial charge on any atom is 0.227 e. The van der Waals surface area contributed by atoms with Gasteiger partial charge in [0.05, 0.1) is 11.4 Å². The van der Waals surface area contributed by atoms with Crippen LogP contribution >= 0.6 is 23.1 Å². The summed E-state index contributed by atoms with van der Waals surface area (Å²) in [5, 5.41) is 8.81. The highest BCUT2D eigenvalue weighted by atomic mass is 32.2. The van der Waals surface area contributed by atoms with E-state index in [1.807, 2.05) is 37.4 Å². The van der Waals surface area contributed by atoms with E-state index >= 15 is 0 Å². The molecule has 0 radical (unpaired) electrons. The Morgan fingerprint density at radius 1 is 1.12 bits per heavy atom. The molecule has 2 aromatic heterocycles. The lowest BCUT2D eigenvalue weighted by Gasteiger charge is -2.06. The van der Waals surface area contributed by atoms with E-state index in [4.69, 9.17) is 4.52 Å². The second-order valence-corrected chi connectivity index (χ2v) is 9.33. The molecule has 32 heavy (non-hydrogen) atoms. The van der Waals surface area contributed by atoms with Crippen LogP contribution in [0.1, 0.15) is 29.3 Å². The van der Waals surface area contributed by atoms with Gasteiger partial charge in [-0.25, -0.2) is 9.37 Å². The first-order valence-corrected chi connectivity index (χ1v) is 11.9. The quantitative estimate of drug-likeness (QED) is 0.329. The minimum absolute atomic E-state index is 0.0986. The van der Waals surface area contributed by atoms with Crippen LogP contribution in [0.3, 0.4) is 0 Å². The van der Waals surface area contributed by atoms with Crippen LogP contribution in [-0.4, -0.2) is 21.0 Å². The molecular weight excluding hydrogens is 447 g/mol. The molecule has 0 aliphatic heterocycles. The van der Waals surface area contributed by atoms with Gasteiger partial charge in [0, 0.05) is 29.5 Å². The van der Waals surface area contributed by atoms with Gasteiger partial charge < -0.3 is 9.84 Å². The van der Waals surface area contributed by atoms with E-state index in [0.29, 0.717) is 23.9 Å². The summed E-state index contributed by atoms with van der Waals surface area (Å²) in [6.45, 7) is 4.05. The average molecular weight is 469 g/mol. The largest absolute Gasteiger partial charge is 0.339 e. The Balaban J connectivity index is 1.25. The number of benzene rings is 2. The van der Waals surface area contributed by atoms with Crippen LogP contribution in [0.4, 0.5) is 10.1 Å². The molecule has 1 N–H and O–H groups in total. The lowest BCUT2D eigenvalue weighted by molar-refractivity contribution is -0.116. The summed E-state index contributed by atoms with van der Waals surface area (Å²) in [5.74, 6) is 1.13. The van der Waals surface area contributed by atoms with Crippen LogP contribution in [0.15, 0.2) is 56.7 Å². The van der Waals surface area contributed by atoms with Crippen molar-refractivity contribution in [2.75, 3.05) is 5.32 Å². The number of thioether (sulfide) groups is 1. The van der Waals surface area contributed by atoms with Crippen molar-refractivity contribution in [1.82, 2.24) is 15.1 Å². The molecule has 0 saturated carbocycles. The van der Waals surface area contributed by atoms with E-state index in [9.17, 15) is 9.18 Å². The lowest BCUT2D eigenvalue weighted by atomic mass is 10.1. The van der Waals surface area contributed by atoms with Gasteiger partial charge in [0.1, 0.15) is 5.82 Å². The average Bonchev–Trinajstić information content (AvgIpc) is 3.43. The normalized spacial score (nSPS) is 11.0. The Kier molecular flexibility index (Phi) is 6.96. The third kappa shape index (κ3) is 5.80. The number of thiazole rings is 1. The fourth-order valence-electron chi connectivity index (χ4n) is 2.92. The highest BCUT2D eigenvalue weighted by molar-refractivity contribution is 8.00. The predicted molar refractivity (Wildman–Crippen MR) is 124 cm³/mol. The molecule has 0 unspecified atom stereocenters. The number of halogens is 1. The summed E-state index contributed by atoms with van der Waals surface area (Å²) in [6.07, 6.45) is 0.634. The van der Waals surface area contributed by atoms with Gasteiger partial charge in [-0.2, -0.15) is 4.98 Å². The molecule has 6 nitrogen and oxygen atoms in total. The van der Waals surface area contributed by atoms with E-state index in [2.05, 4.69) is 20.4 Å². The number of aromatic nitrogens is 3. The third-order valence-corrected chi connectivity index (χ3v) is 6.83. The second-order valence-electron chi connectivity index (χ2n) is 7.25. The highest BCUT2D eigenvalue weighted by Crippen LogP contribution is 2.30. The third-order valence-electron chi connectivity index (χ3n) is 4.81. The number of aryl methyl sites for hydroxylation is 3. The summed E-state index contributed by atoms with van der Waals surface area (Å²) in [5.41, 5.74) is 4.77. The number of amides is 1. The maximum absolute atomic E-state index is 13.1. The first-order valence-electron chi connectivity index (χ1n) is 9.99. The van der Waals surface area contributed by atoms with E-state index in [0.717, 1.165) is 26.8 Å². The minimum Gasteiger partial charge on any atom is -0.339 e. The van der Waals surface area contributed by atoms with Crippen LogP contribution in [0.5, 0.6) is 0 Å². The van der Waals surface area contributed by atoms with Crippen LogP contribution in [-0.2, 0) is 17.0 Å². The molecule has 4 aromatic rings. The van der Waals surface area contributed by atoms with Gasteiger partial charge in [-0.3, -0.25) is 4.79 Å². The molecule has 164 valence electrons. The number of carbonyl (C=O) groups is 1. The summed E-state index contributed by atoms with van der Waals surface area (Å²) >= 11 is 3.01. The van der Waals surface area contributed by atoms with Gasteiger partial charge in [0.25, 0.3) is 0 Å². The van der Waals surface area contributed by atoms with Crippen molar-refractivity contribution in [3.05, 3.63) is 76.5 Å². The first-order chi connectivity index (χ1) is 15.5. The van der Waals surface area contributed by atoms with Crippen LogP contribution in [0.2, 0.25) is 0 Å². The summed E-state index contributed by atoms with van der Waals surface area (Å²) in [7, 11) is 0. The van der Waals surface area contributed by atoms with E-state index < -0.39 is 0 Å². The zero-order valence-corrected chi connectivity index (χ0v) is 19.2. The molecule has 1 amide bonds. The van der Waals surface area contributed by atoms with Crippen LogP contribution in [0, 0.1) is 19.7 Å². The van der Waals surface area contributed by atoms with Crippen molar-refractivity contribution in [3.63, 3.8) is 0 Å². The van der Waals surface area contributed by atoms with Crippen molar-refractivity contribution >= 4 is 34.7 Å². The fourth-order valence-corrected chi connectivity index (χ4v) is 4.59. The van der Waals surface area contributed by atoms with Gasteiger partial charge in [0.15, 0.2) is 10.2 Å². The lowest BCUT2D eigenvalue weighted by Crippen LogP contribution is -2.12. The Morgan fingerprint density at radius 3 is 2.72 bits per heavy atom. The van der Waals surface area contributed by atoms with Gasteiger partial charge in [0.2, 0.25) is 11.8 Å². The van der Waals surface area contributed by atoms with Gasteiger partial charge >= 0.3 is 0 Å². The first kappa shape index (κ1) is 22.2. The molecule has 2 aromatic carbocycles. The SMILES string of the molecule is Cc1ccc(NC(=O)CCc2nc(CSc3nc(-c4ccc(F)cc4)cs3)no2)cc1C. The molecule has 0 saturated heterocycles. The molecule has 0 atom stereocenters. The molecule has 9 heteroatoms. The topological polar surface area (TPSA) is 80.9 Å². The standard InChI is InChI=1S/C23H21FN4O2S2/c1-14-3-8-18(11-15(14)2)25-21(29)9-10-22-27-20(28-30-22)13-32-23-26-19(12-31-23)16-4-6-17(24)7-5-16/h3-8,11-12H,9-10,13H2,1-2H3,(H,25,29). The van der Waals surface area contributed by atoms with Crippen molar-refractivity contribution in [3.8, 4) is 11.3 Å². The summed E-state index contributed by atoms with van der Waals surface area (Å²) in [6, 6.07) is 12.1. The monoisotopic (exact) mass is 468 g/mol. The molecule has 0 aliphatic rings. The number of rotatable bonds is 8. The zero-order valence-electron chi connectivity index (χ0n) is 17.6. The Bertz CT molecular complexity index is 1220. The number of nitrogens with one attached hydrogen (secondary N) is 1. The second kappa shape index (κ2) is 10.1. The fraction of sp³-hybridized carbons (Fsp3) is 0.217. The molecule has 0 spiro atoms. The van der Waals surface area contributed by atoms with Gasteiger partial charge in [-0.05, 0) is 61.4 Å². The predicted octanol–water partition coefficient (Wildman–Crippen LogP) is 5.81. The number of nitrogens with zero attached hydrogens (tertiary/aromatic N) is 3. The summed E-state index contributed by atoms with van der Waals surface area (Å²) < 4.78 is 19.2. The van der Waals surface area contributed by atoms with Crippen LogP contribution in [0.25, 0.3) is 11.3 Å². The maximum atomic E-state index is 13.1. The molecule has 0 aliphatic carbocycles. The zero-order chi connectivity index (χ0) is 22.5. The minimum atomic E-state index is -0.269. The molecule has 0 bridgehead atoms. The van der Waals surface area contributed by atoms with Crippen molar-refractivity contribution in [2.24, 2.45) is 0 Å². The molecule has 2 heterocycles. The van der Waals surface area contributed by atoms with Crippen molar-refractivity contribution in [2.45, 2.75) is 36.8 Å². The number of hydrogen-bond acceptors (Lipinski definition) is 7. The van der Waals surface area contributed by atoms with E-state index in [-0.39, 0.29) is 18.1 Å². The number of hydrogen-bond donors (Lipinski definition) is 1. The van der Waals surface area contributed by atoms with Gasteiger partial charge in [-0.15, -0.1) is 11.3 Å². The Morgan fingerprint density at radius 2 is 1.94 bits per heavy atom. The van der Waals surface area contributed by atoms with Crippen molar-refractivity contribution < 1.29 is 13.7 Å². The van der Waals surface area contributed by atoms with Crippen molar-refractivity contribution in [1.29, 1.82) is 0 Å². The van der Waals surface area contributed by atoms with E-state index in [1.165, 1.54) is 40.8 Å². The van der Waals surface area contributed by atoms with Crippen LogP contribution < -0.4 is 5.32 Å². The highest BCUT2D eigenvalue weighted by Gasteiger charge is 2.12. The number of carbonyl (C=O) groups excluding carboxylic acids is 1. The molecule has 0 fully saturated rings. The molecule has 4 rings (SSSR count). The van der Waals surface area contributed by atoms with E-state index in [1.54, 1.807) is 12.1 Å². The Hall–Kier alpha value is -3.04.